The van der Waals surface area contributed by atoms with Crippen molar-refractivity contribution in [1.29, 1.82) is 0 Å². The maximum absolute atomic E-state index is 5.96. The predicted molar refractivity (Wildman–Crippen MR) is 423 cm³/mol. The van der Waals surface area contributed by atoms with Gasteiger partial charge < -0.3 is 0 Å². The van der Waals surface area contributed by atoms with Crippen LogP contribution in [0.3, 0.4) is 0 Å². The lowest BCUT2D eigenvalue weighted by Gasteiger charge is -2.41. The molecule has 4 aliphatic heterocycles. The first-order chi connectivity index (χ1) is 49.9. The van der Waals surface area contributed by atoms with Crippen molar-refractivity contribution in [1.82, 2.24) is 0 Å². The van der Waals surface area contributed by atoms with E-state index in [4.69, 9.17) is 39.9 Å². The summed E-state index contributed by atoms with van der Waals surface area (Å²) in [6, 6.07) is 110. The number of rotatable bonds is 16. The van der Waals surface area contributed by atoms with E-state index in [-0.39, 0.29) is 0 Å². The molecule has 0 spiro atoms. The smallest absolute Gasteiger partial charge is 0.226 e. The molecule has 8 heteroatoms. The molecule has 0 unspecified atom stereocenters. The monoisotopic (exact) mass is 1320 g/mol. The SMILES string of the molecule is CCc1ccccc1C1(C2(c3ccccc3CC)N=C(c3ccccc3)C(c3ccccc3)=N2)N=C(c2ccccc2)C(c2ccccc2)=N1.Cc1cc(C)c(C2(C3(c4c(C)cc(C)cc4C)N=C(c4ccccc4)C(c4ccccc4)=N3)N=C(c3ccccc3)C(c3ccccc3)=N2)c(C)c1. The minimum Gasteiger partial charge on any atom is -0.243 e. The van der Waals surface area contributed by atoms with Gasteiger partial charge in [-0.1, -0.05) is 340 Å². The summed E-state index contributed by atoms with van der Waals surface area (Å²) in [7, 11) is 0. The van der Waals surface area contributed by atoms with E-state index in [1.54, 1.807) is 0 Å². The lowest BCUT2D eigenvalue weighted by molar-refractivity contribution is 0.252. The van der Waals surface area contributed by atoms with Crippen LogP contribution in [0.5, 0.6) is 0 Å². The van der Waals surface area contributed by atoms with Gasteiger partial charge in [-0.15, -0.1) is 0 Å². The Hall–Kier alpha value is -12.0. The Labute approximate surface area is 599 Å². The number of nitrogens with zero attached hydrogens (tertiary/aromatic N) is 8. The van der Waals surface area contributed by atoms with E-state index < -0.39 is 22.7 Å². The van der Waals surface area contributed by atoms with Crippen LogP contribution in [-0.4, -0.2) is 45.7 Å². The largest absolute Gasteiger partial charge is 0.243 e. The Bertz CT molecular complexity index is 4780. The van der Waals surface area contributed by atoms with Gasteiger partial charge in [-0.3, -0.25) is 0 Å². The van der Waals surface area contributed by atoms with Crippen molar-refractivity contribution >= 4 is 45.7 Å². The van der Waals surface area contributed by atoms with Crippen LogP contribution in [0.2, 0.25) is 0 Å². The van der Waals surface area contributed by atoms with Gasteiger partial charge >= 0.3 is 0 Å². The van der Waals surface area contributed by atoms with Crippen molar-refractivity contribution in [2.24, 2.45) is 39.9 Å². The van der Waals surface area contributed by atoms with Crippen molar-refractivity contribution in [2.75, 3.05) is 0 Å². The molecule has 0 bridgehead atoms. The maximum Gasteiger partial charge on any atom is 0.226 e. The molecule has 4 heterocycles. The van der Waals surface area contributed by atoms with E-state index in [2.05, 4.69) is 322 Å². The fourth-order valence-corrected chi connectivity index (χ4v) is 15.8. The lowest BCUT2D eigenvalue weighted by Crippen LogP contribution is -2.45. The van der Waals surface area contributed by atoms with Crippen LogP contribution in [-0.2, 0) is 35.5 Å². The number of aliphatic imine (C=N–C) groups is 8. The highest BCUT2D eigenvalue weighted by atomic mass is 15.3. The molecule has 0 radical (unpaired) electrons. The van der Waals surface area contributed by atoms with Crippen molar-refractivity contribution < 1.29 is 0 Å². The van der Waals surface area contributed by atoms with E-state index in [1.807, 2.05) is 48.5 Å². The van der Waals surface area contributed by atoms with E-state index in [0.717, 1.165) is 159 Å². The average molecular weight is 1320 g/mol. The van der Waals surface area contributed by atoms with Crippen LogP contribution in [0.1, 0.15) is 125 Å². The first kappa shape index (κ1) is 65.9. The quantitative estimate of drug-likeness (QED) is 0.0921. The van der Waals surface area contributed by atoms with Crippen LogP contribution in [0.4, 0.5) is 0 Å². The Kier molecular flexibility index (Phi) is 17.8. The van der Waals surface area contributed by atoms with Crippen LogP contribution in [0.15, 0.2) is 355 Å². The minimum absolute atomic E-state index is 0.806. The fourth-order valence-electron chi connectivity index (χ4n) is 15.8. The van der Waals surface area contributed by atoms with E-state index in [9.17, 15) is 0 Å². The second-order valence-electron chi connectivity index (χ2n) is 26.9. The van der Waals surface area contributed by atoms with E-state index in [1.165, 1.54) is 11.1 Å². The molecule has 16 rings (SSSR count). The molecular formula is C94H80N8. The minimum atomic E-state index is -1.31. The van der Waals surface area contributed by atoms with Crippen LogP contribution in [0, 0.1) is 41.5 Å². The second kappa shape index (κ2) is 27.6. The van der Waals surface area contributed by atoms with Gasteiger partial charge in [0, 0.05) is 66.8 Å². The van der Waals surface area contributed by atoms with Gasteiger partial charge in [0.05, 0.1) is 45.7 Å². The molecule has 0 amide bonds. The molecule has 0 saturated carbocycles. The molecule has 0 aliphatic carbocycles. The molecule has 0 N–H and O–H groups in total. The number of hydrogen-bond acceptors (Lipinski definition) is 8. The van der Waals surface area contributed by atoms with Gasteiger partial charge in [0.2, 0.25) is 22.7 Å². The lowest BCUT2D eigenvalue weighted by atomic mass is 9.75. The first-order valence-electron chi connectivity index (χ1n) is 35.4. The topological polar surface area (TPSA) is 98.9 Å². The Morgan fingerprint density at radius 1 is 0.206 bits per heavy atom. The van der Waals surface area contributed by atoms with Crippen LogP contribution >= 0.6 is 0 Å². The molecule has 0 atom stereocenters. The molecular weight excluding hydrogens is 1240 g/mol. The second-order valence-corrected chi connectivity index (χ2v) is 26.9. The van der Waals surface area contributed by atoms with Crippen molar-refractivity contribution in [3.05, 3.63) is 427 Å². The van der Waals surface area contributed by atoms with Crippen molar-refractivity contribution in [2.45, 2.75) is 90.9 Å². The summed E-state index contributed by atoms with van der Waals surface area (Å²) in [5, 5.41) is 0. The summed E-state index contributed by atoms with van der Waals surface area (Å²) in [6.07, 6.45) is 1.61. The normalized spacial score (nSPS) is 15.9. The predicted octanol–water partition coefficient (Wildman–Crippen LogP) is 20.3. The maximum atomic E-state index is 5.96. The molecule has 12 aromatic rings. The Morgan fingerprint density at radius 3 is 0.559 bits per heavy atom. The van der Waals surface area contributed by atoms with E-state index >= 15 is 0 Å². The van der Waals surface area contributed by atoms with Crippen LogP contribution < -0.4 is 0 Å². The Balaban J connectivity index is 0.000000165. The molecule has 102 heavy (non-hydrogen) atoms. The summed E-state index contributed by atoms with van der Waals surface area (Å²) in [5.41, 5.74) is 22.6. The summed E-state index contributed by atoms with van der Waals surface area (Å²) < 4.78 is 0. The highest BCUT2D eigenvalue weighted by molar-refractivity contribution is 6.57. The van der Waals surface area contributed by atoms with Gasteiger partial charge in [0.15, 0.2) is 0 Å². The molecule has 8 nitrogen and oxygen atoms in total. The van der Waals surface area contributed by atoms with E-state index in [0.29, 0.717) is 0 Å². The highest BCUT2D eigenvalue weighted by Crippen LogP contribution is 2.59. The third-order valence-electron chi connectivity index (χ3n) is 20.0. The van der Waals surface area contributed by atoms with Gasteiger partial charge in [0.1, 0.15) is 0 Å². The summed E-state index contributed by atoms with van der Waals surface area (Å²) >= 11 is 0. The zero-order valence-corrected chi connectivity index (χ0v) is 59.0. The zero-order chi connectivity index (χ0) is 70.0. The molecule has 4 aliphatic rings. The molecule has 0 fully saturated rings. The number of aryl methyl sites for hydroxylation is 8. The Morgan fingerprint density at radius 2 is 0.373 bits per heavy atom. The van der Waals surface area contributed by atoms with Gasteiger partial charge in [0.25, 0.3) is 0 Å². The molecule has 0 aromatic heterocycles. The zero-order valence-electron chi connectivity index (χ0n) is 59.0. The fraction of sp³-hybridized carbons (Fsp3) is 0.149. The molecule has 12 aromatic carbocycles. The third-order valence-corrected chi connectivity index (χ3v) is 20.0. The standard InChI is InChI=1S/C48H42N4.C46H38N4/c1-31-27-33(3)41(34(4)28-31)47(49-43(37-19-11-7-12-20-37)44(50-47)38-21-13-8-14-22-38)48(42-35(5)29-32(2)30-36(42)6)51-45(39-23-15-9-16-24-39)46(52-48)40-25-17-10-18-26-40;1-3-33-21-17-19-31-39(33)45(47-41(35-23-9-5-10-24-35)42(48-45)36-25-11-6-12-26-36)46(40-32-20-18-22-34(40)4-2)49-43(37-27-13-7-14-28-37)44(50-46)38-29-15-8-16-30-38/h7-30H,1-6H3;5-32H,3-4H2,1-2H3. The summed E-state index contributed by atoms with van der Waals surface area (Å²) in [4.78, 5) is 47.4. The first-order valence-corrected chi connectivity index (χ1v) is 35.4. The molecule has 496 valence electrons. The third kappa shape index (κ3) is 11.6. The van der Waals surface area contributed by atoms with Crippen molar-refractivity contribution in [3.8, 4) is 0 Å². The highest BCUT2D eigenvalue weighted by Gasteiger charge is 2.64. The van der Waals surface area contributed by atoms with Crippen LogP contribution in [0.25, 0.3) is 0 Å². The van der Waals surface area contributed by atoms with Gasteiger partial charge in [-0.2, -0.15) is 0 Å². The molecule has 0 saturated heterocycles. The van der Waals surface area contributed by atoms with Crippen molar-refractivity contribution in [3.63, 3.8) is 0 Å². The van der Waals surface area contributed by atoms with Gasteiger partial charge in [-0.05, 0) is 87.8 Å². The van der Waals surface area contributed by atoms with Gasteiger partial charge in [-0.25, -0.2) is 39.9 Å². The average Bonchev–Trinajstić information content (AvgIpc) is 1.50. The number of hydrogen-bond donors (Lipinski definition) is 0. The summed E-state index contributed by atoms with van der Waals surface area (Å²) in [5.74, 6) is 0. The summed E-state index contributed by atoms with van der Waals surface area (Å²) in [6.45, 7) is 17.4. The number of benzene rings is 12.